The minimum absolute atomic E-state index is 0.111. The Bertz CT molecular complexity index is 442. The number of amides is 2. The minimum Gasteiger partial charge on any atom is -0.451 e. The first-order valence-electron chi connectivity index (χ1n) is 7.47. The van der Waals surface area contributed by atoms with Crippen LogP contribution in [0.25, 0.3) is 0 Å². The average Bonchev–Trinajstić information content (AvgIpc) is 2.41. The third-order valence-corrected chi connectivity index (χ3v) is 2.71. The largest absolute Gasteiger partial charge is 0.451 e. The number of rotatable bonds is 8. The lowest BCUT2D eigenvalue weighted by Crippen LogP contribution is -2.48. The molecule has 0 aromatic rings. The van der Waals surface area contributed by atoms with Crippen LogP contribution in [-0.2, 0) is 23.9 Å². The molecule has 2 amide bonds. The number of ether oxygens (including phenoxy) is 2. The molecule has 0 heterocycles. The Morgan fingerprint density at radius 3 is 2.26 bits per heavy atom. The summed E-state index contributed by atoms with van der Waals surface area (Å²) in [6.07, 6.45) is -0.276. The number of likely N-dealkylation sites (N-methyl/N-ethyl adjacent to an activating group) is 1. The molecular formula is C16H28N2O5. The molecule has 2 atom stereocenters. The molecule has 0 saturated heterocycles. The molecular weight excluding hydrogens is 300 g/mol. The van der Waals surface area contributed by atoms with Crippen molar-refractivity contribution in [3.8, 4) is 0 Å². The first kappa shape index (κ1) is 21.1. The third-order valence-electron chi connectivity index (χ3n) is 2.71. The predicted molar refractivity (Wildman–Crippen MR) is 86.7 cm³/mol. The van der Waals surface area contributed by atoms with E-state index in [9.17, 15) is 14.4 Å². The van der Waals surface area contributed by atoms with Crippen LogP contribution in [0.2, 0.25) is 0 Å². The van der Waals surface area contributed by atoms with Gasteiger partial charge in [0.1, 0.15) is 0 Å². The highest BCUT2D eigenvalue weighted by Crippen LogP contribution is 2.03. The summed E-state index contributed by atoms with van der Waals surface area (Å²) in [6.45, 7) is 12.1. The maximum atomic E-state index is 12.1. The molecule has 0 radical (unpaired) electrons. The second-order valence-electron chi connectivity index (χ2n) is 6.34. The fraction of sp³-hybridized carbons (Fsp3) is 0.688. The van der Waals surface area contributed by atoms with Crippen LogP contribution in [0.4, 0.5) is 0 Å². The molecule has 0 aliphatic heterocycles. The second-order valence-corrected chi connectivity index (χ2v) is 6.34. The molecule has 0 bridgehead atoms. The summed E-state index contributed by atoms with van der Waals surface area (Å²) in [5.74, 6) is -1.38. The molecule has 1 N–H and O–H groups in total. The Labute approximate surface area is 138 Å². The molecule has 2 unspecified atom stereocenters. The van der Waals surface area contributed by atoms with Crippen LogP contribution in [0.15, 0.2) is 12.7 Å². The highest BCUT2D eigenvalue weighted by Gasteiger charge is 2.26. The molecule has 0 aromatic carbocycles. The number of nitrogens with one attached hydrogen (secondary N) is 1. The summed E-state index contributed by atoms with van der Waals surface area (Å²) in [5.41, 5.74) is -0.378. The van der Waals surface area contributed by atoms with Gasteiger partial charge >= 0.3 is 5.97 Å². The summed E-state index contributed by atoms with van der Waals surface area (Å²) in [4.78, 5) is 36.9. The van der Waals surface area contributed by atoms with Gasteiger partial charge in [-0.3, -0.25) is 9.59 Å². The van der Waals surface area contributed by atoms with Crippen molar-refractivity contribution < 1.29 is 23.9 Å². The quantitative estimate of drug-likeness (QED) is 0.528. The van der Waals surface area contributed by atoms with E-state index in [0.717, 1.165) is 0 Å². The van der Waals surface area contributed by atoms with E-state index in [4.69, 9.17) is 9.47 Å². The summed E-state index contributed by atoms with van der Waals surface area (Å²) in [7, 11) is 1.48. The number of nitrogens with zero attached hydrogens (tertiary/aromatic N) is 1. The molecule has 0 aromatic heterocycles. The number of hydrogen-bond donors (Lipinski definition) is 1. The van der Waals surface area contributed by atoms with E-state index in [1.165, 1.54) is 31.9 Å². The fourth-order valence-electron chi connectivity index (χ4n) is 1.66. The van der Waals surface area contributed by atoms with Gasteiger partial charge in [-0.15, -0.1) is 6.58 Å². The summed E-state index contributed by atoms with van der Waals surface area (Å²) >= 11 is 0. The standard InChI is InChI=1S/C16H28N2O5/c1-8-9-22-12(3)15(21)23-11(2)14(20)18(7)10-13(19)17-16(4,5)6/h8,11-12H,1,9-10H2,2-7H3,(H,17,19). The summed E-state index contributed by atoms with van der Waals surface area (Å²) in [6, 6.07) is 0. The van der Waals surface area contributed by atoms with Gasteiger partial charge < -0.3 is 19.7 Å². The van der Waals surface area contributed by atoms with Gasteiger partial charge in [0, 0.05) is 12.6 Å². The van der Waals surface area contributed by atoms with Crippen molar-refractivity contribution in [2.45, 2.75) is 52.4 Å². The summed E-state index contributed by atoms with van der Waals surface area (Å²) < 4.78 is 10.2. The van der Waals surface area contributed by atoms with E-state index >= 15 is 0 Å². The van der Waals surface area contributed by atoms with Gasteiger partial charge in [0.25, 0.3) is 5.91 Å². The van der Waals surface area contributed by atoms with Crippen LogP contribution >= 0.6 is 0 Å². The van der Waals surface area contributed by atoms with Crippen LogP contribution in [0.5, 0.6) is 0 Å². The van der Waals surface area contributed by atoms with Crippen LogP contribution in [0, 0.1) is 0 Å². The van der Waals surface area contributed by atoms with Gasteiger partial charge in [0.2, 0.25) is 5.91 Å². The van der Waals surface area contributed by atoms with Crippen molar-refractivity contribution in [2.24, 2.45) is 0 Å². The molecule has 0 aliphatic carbocycles. The Balaban J connectivity index is 4.44. The van der Waals surface area contributed by atoms with Gasteiger partial charge in [-0.25, -0.2) is 4.79 Å². The van der Waals surface area contributed by atoms with Crippen LogP contribution in [-0.4, -0.2) is 60.6 Å². The lowest BCUT2D eigenvalue weighted by Gasteiger charge is -2.25. The van der Waals surface area contributed by atoms with E-state index in [1.807, 2.05) is 20.8 Å². The molecule has 0 saturated carbocycles. The van der Waals surface area contributed by atoms with E-state index in [1.54, 1.807) is 0 Å². The average molecular weight is 328 g/mol. The fourth-order valence-corrected chi connectivity index (χ4v) is 1.66. The van der Waals surface area contributed by atoms with Gasteiger partial charge in [0.15, 0.2) is 12.2 Å². The highest BCUT2D eigenvalue weighted by molar-refractivity contribution is 5.88. The summed E-state index contributed by atoms with van der Waals surface area (Å²) in [5, 5.41) is 2.76. The first-order chi connectivity index (χ1) is 10.5. The Kier molecular flexibility index (Phi) is 8.53. The van der Waals surface area contributed by atoms with Crippen molar-refractivity contribution in [1.82, 2.24) is 10.2 Å². The van der Waals surface area contributed by atoms with Gasteiger partial charge in [-0.1, -0.05) is 6.08 Å². The highest BCUT2D eigenvalue weighted by atomic mass is 16.6. The van der Waals surface area contributed by atoms with E-state index < -0.39 is 24.1 Å². The number of carbonyl (C=O) groups is 3. The van der Waals surface area contributed by atoms with Gasteiger partial charge in [-0.2, -0.15) is 0 Å². The Morgan fingerprint density at radius 2 is 1.78 bits per heavy atom. The van der Waals surface area contributed by atoms with E-state index in [-0.39, 0.29) is 24.6 Å². The van der Waals surface area contributed by atoms with E-state index in [0.29, 0.717) is 0 Å². The lowest BCUT2D eigenvalue weighted by molar-refractivity contribution is -0.167. The SMILES string of the molecule is C=CCOC(C)C(=O)OC(C)C(=O)N(C)CC(=O)NC(C)(C)C. The molecule has 7 nitrogen and oxygen atoms in total. The minimum atomic E-state index is -0.996. The number of carbonyl (C=O) groups excluding carboxylic acids is 3. The molecule has 0 fully saturated rings. The van der Waals surface area contributed by atoms with Crippen LogP contribution < -0.4 is 5.32 Å². The Morgan fingerprint density at radius 1 is 1.22 bits per heavy atom. The number of esters is 1. The van der Waals surface area contributed by atoms with Crippen LogP contribution in [0.3, 0.4) is 0 Å². The zero-order chi connectivity index (χ0) is 18.2. The van der Waals surface area contributed by atoms with Crippen molar-refractivity contribution >= 4 is 17.8 Å². The van der Waals surface area contributed by atoms with Crippen LogP contribution in [0.1, 0.15) is 34.6 Å². The zero-order valence-electron chi connectivity index (χ0n) is 14.8. The maximum Gasteiger partial charge on any atom is 0.335 e. The Hall–Kier alpha value is -1.89. The molecule has 0 rings (SSSR count). The zero-order valence-corrected chi connectivity index (χ0v) is 14.8. The van der Waals surface area contributed by atoms with Crippen molar-refractivity contribution in [3.05, 3.63) is 12.7 Å². The second kappa shape index (κ2) is 9.29. The monoisotopic (exact) mass is 328 g/mol. The normalized spacial score (nSPS) is 13.7. The lowest BCUT2D eigenvalue weighted by atomic mass is 10.1. The third kappa shape index (κ3) is 8.97. The molecule has 23 heavy (non-hydrogen) atoms. The molecule has 0 spiro atoms. The van der Waals surface area contributed by atoms with Gasteiger partial charge in [0.05, 0.1) is 13.2 Å². The molecule has 132 valence electrons. The predicted octanol–water partition coefficient (Wildman–Crippen LogP) is 0.882. The van der Waals surface area contributed by atoms with Crippen molar-refractivity contribution in [3.63, 3.8) is 0 Å². The van der Waals surface area contributed by atoms with Crippen molar-refractivity contribution in [1.29, 1.82) is 0 Å². The molecule has 0 aliphatic rings. The molecule has 7 heteroatoms. The topological polar surface area (TPSA) is 84.9 Å². The van der Waals surface area contributed by atoms with E-state index in [2.05, 4.69) is 11.9 Å². The smallest absolute Gasteiger partial charge is 0.335 e. The number of hydrogen-bond acceptors (Lipinski definition) is 5. The first-order valence-corrected chi connectivity index (χ1v) is 7.47. The van der Waals surface area contributed by atoms with Crippen molar-refractivity contribution in [2.75, 3.05) is 20.2 Å². The maximum absolute atomic E-state index is 12.1. The van der Waals surface area contributed by atoms with Gasteiger partial charge in [-0.05, 0) is 34.6 Å².